The summed E-state index contributed by atoms with van der Waals surface area (Å²) in [5.74, 6) is 0. The normalized spacial score (nSPS) is 17.9. The van der Waals surface area contributed by atoms with Crippen LogP contribution in [0.3, 0.4) is 0 Å². The molecule has 0 atom stereocenters. The minimum atomic E-state index is -4.64. The molecule has 1 aliphatic heterocycles. The zero-order valence-electron chi connectivity index (χ0n) is 5.53. The van der Waals surface area contributed by atoms with Crippen molar-refractivity contribution in [3.63, 3.8) is 0 Å². The Hall–Kier alpha value is 0.0700. The lowest BCUT2D eigenvalue weighted by Crippen LogP contribution is -2.03. The molecule has 4 N–H and O–H groups in total. The molecule has 1 rings (SSSR count). The molecule has 0 aromatic heterocycles. The first-order valence-corrected chi connectivity index (χ1v) is 4.55. The monoisotopic (exact) mass is 169 g/mol. The summed E-state index contributed by atoms with van der Waals surface area (Å²) >= 11 is 0. The highest BCUT2D eigenvalue weighted by molar-refractivity contribution is 7.45. The first-order chi connectivity index (χ1) is 4.50. The van der Waals surface area contributed by atoms with Crippen molar-refractivity contribution in [1.29, 1.82) is 0 Å². The molecule has 0 aromatic carbocycles. The summed E-state index contributed by atoms with van der Waals surface area (Å²) in [4.78, 5) is 21.6. The predicted molar refractivity (Wildman–Crippen MR) is 36.4 cm³/mol. The van der Waals surface area contributed by atoms with Gasteiger partial charge in [-0.3, -0.25) is 0 Å². The lowest BCUT2D eigenvalue weighted by Gasteiger charge is -1.82. The maximum absolute atomic E-state index is 8.88. The van der Waals surface area contributed by atoms with E-state index >= 15 is 0 Å². The van der Waals surface area contributed by atoms with Gasteiger partial charge in [0.1, 0.15) is 0 Å². The second-order valence-electron chi connectivity index (χ2n) is 1.97. The van der Waals surface area contributed by atoms with Gasteiger partial charge in [-0.2, -0.15) is 0 Å². The van der Waals surface area contributed by atoms with E-state index in [9.17, 15) is 0 Å². The van der Waals surface area contributed by atoms with Gasteiger partial charge in [-0.1, -0.05) is 0 Å². The van der Waals surface area contributed by atoms with Gasteiger partial charge in [0.2, 0.25) is 0 Å². The fourth-order valence-corrected chi connectivity index (χ4v) is 0.625. The summed E-state index contributed by atoms with van der Waals surface area (Å²) < 4.78 is 8.88. The van der Waals surface area contributed by atoms with Crippen LogP contribution in [0.1, 0.15) is 12.8 Å². The molecule has 1 fully saturated rings. The van der Waals surface area contributed by atoms with E-state index in [1.54, 1.807) is 0 Å². The quantitative estimate of drug-likeness (QED) is 0.365. The van der Waals surface area contributed by atoms with Gasteiger partial charge in [0.05, 0.1) is 0 Å². The zero-order chi connectivity index (χ0) is 8.04. The van der Waals surface area contributed by atoms with Crippen molar-refractivity contribution >= 4 is 7.82 Å². The van der Waals surface area contributed by atoms with E-state index in [1.807, 2.05) is 0 Å². The second kappa shape index (κ2) is 4.82. The highest BCUT2D eigenvalue weighted by atomic mass is 31.2. The maximum Gasteiger partial charge on any atom is 0.466 e. The van der Waals surface area contributed by atoms with Crippen molar-refractivity contribution in [1.82, 2.24) is 5.32 Å². The standard InChI is InChI=1S/C4H9N.H3O4P/c1-2-4-5-3-1;1-5(2,3)4/h5H,1-4H2;(H3,1,2,3,4). The van der Waals surface area contributed by atoms with Crippen LogP contribution < -0.4 is 5.32 Å². The molecule has 10 heavy (non-hydrogen) atoms. The average molecular weight is 169 g/mol. The van der Waals surface area contributed by atoms with Gasteiger partial charge in [-0.25, -0.2) is 4.57 Å². The molecule has 0 saturated carbocycles. The van der Waals surface area contributed by atoms with Gasteiger partial charge in [-0.15, -0.1) is 0 Å². The number of nitrogens with one attached hydrogen (secondary N) is 1. The Kier molecular flexibility index (Phi) is 4.85. The molecule has 0 amide bonds. The largest absolute Gasteiger partial charge is 0.466 e. The highest BCUT2D eigenvalue weighted by Crippen LogP contribution is 2.25. The van der Waals surface area contributed by atoms with Crippen LogP contribution in [0.15, 0.2) is 0 Å². The number of hydrogen-bond donors (Lipinski definition) is 4. The summed E-state index contributed by atoms with van der Waals surface area (Å²) in [6, 6.07) is 0. The number of phosphoric acid groups is 1. The Balaban J connectivity index is 0.000000162. The van der Waals surface area contributed by atoms with E-state index in [0.29, 0.717) is 0 Å². The Morgan fingerprint density at radius 3 is 1.50 bits per heavy atom. The van der Waals surface area contributed by atoms with Crippen molar-refractivity contribution in [2.24, 2.45) is 0 Å². The number of hydrogen-bond acceptors (Lipinski definition) is 2. The summed E-state index contributed by atoms with van der Waals surface area (Å²) in [5.41, 5.74) is 0. The van der Waals surface area contributed by atoms with Crippen LogP contribution in [0.5, 0.6) is 0 Å². The van der Waals surface area contributed by atoms with E-state index in [4.69, 9.17) is 19.2 Å². The lowest BCUT2D eigenvalue weighted by molar-refractivity contribution is 0.275. The third kappa shape index (κ3) is 15.7. The van der Waals surface area contributed by atoms with Gasteiger partial charge in [0.15, 0.2) is 0 Å². The molecular weight excluding hydrogens is 157 g/mol. The molecule has 0 radical (unpaired) electrons. The van der Waals surface area contributed by atoms with E-state index in [2.05, 4.69) is 5.32 Å². The summed E-state index contributed by atoms with van der Waals surface area (Å²) in [7, 11) is -4.64. The molecule has 1 heterocycles. The lowest BCUT2D eigenvalue weighted by atomic mass is 10.4. The van der Waals surface area contributed by atoms with Crippen LogP contribution in [-0.4, -0.2) is 27.8 Å². The average Bonchev–Trinajstić information content (AvgIpc) is 2.07. The van der Waals surface area contributed by atoms with Gasteiger partial charge >= 0.3 is 7.82 Å². The van der Waals surface area contributed by atoms with Crippen LogP contribution >= 0.6 is 7.82 Å². The molecule has 0 bridgehead atoms. The van der Waals surface area contributed by atoms with Crippen molar-refractivity contribution in [3.05, 3.63) is 0 Å². The molecule has 0 aliphatic carbocycles. The van der Waals surface area contributed by atoms with Gasteiger partial charge in [0, 0.05) is 0 Å². The molecule has 0 unspecified atom stereocenters. The van der Waals surface area contributed by atoms with Crippen molar-refractivity contribution < 1.29 is 19.2 Å². The molecule has 6 heteroatoms. The van der Waals surface area contributed by atoms with Crippen LogP contribution in [0.25, 0.3) is 0 Å². The molecule has 62 valence electrons. The summed E-state index contributed by atoms with van der Waals surface area (Å²) in [6.45, 7) is 2.50. The Labute approximate surface area is 59.3 Å². The summed E-state index contributed by atoms with van der Waals surface area (Å²) in [5, 5.41) is 3.22. The zero-order valence-corrected chi connectivity index (χ0v) is 6.42. The fourth-order valence-electron chi connectivity index (χ4n) is 0.625. The first-order valence-electron chi connectivity index (χ1n) is 2.99. The van der Waals surface area contributed by atoms with Crippen molar-refractivity contribution in [2.75, 3.05) is 13.1 Å². The smallest absolute Gasteiger partial charge is 0.317 e. The molecule has 0 spiro atoms. The Morgan fingerprint density at radius 2 is 1.40 bits per heavy atom. The second-order valence-corrected chi connectivity index (χ2v) is 3.00. The van der Waals surface area contributed by atoms with Crippen LogP contribution in [-0.2, 0) is 4.57 Å². The minimum Gasteiger partial charge on any atom is -0.317 e. The van der Waals surface area contributed by atoms with Crippen LogP contribution in [0.4, 0.5) is 0 Å². The van der Waals surface area contributed by atoms with E-state index in [1.165, 1.54) is 25.9 Å². The maximum atomic E-state index is 8.88. The first kappa shape index (κ1) is 10.1. The topological polar surface area (TPSA) is 89.8 Å². The minimum absolute atomic E-state index is 1.25. The molecule has 5 nitrogen and oxygen atoms in total. The molecule has 1 aliphatic rings. The Bertz CT molecular complexity index is 103. The van der Waals surface area contributed by atoms with E-state index in [0.717, 1.165) is 0 Å². The number of rotatable bonds is 0. The Morgan fingerprint density at radius 1 is 1.10 bits per heavy atom. The summed E-state index contributed by atoms with van der Waals surface area (Å²) in [6.07, 6.45) is 2.78. The van der Waals surface area contributed by atoms with E-state index < -0.39 is 7.82 Å². The molecule has 1 saturated heterocycles. The van der Waals surface area contributed by atoms with Gasteiger partial charge in [-0.05, 0) is 25.9 Å². The van der Waals surface area contributed by atoms with Crippen LogP contribution in [0.2, 0.25) is 0 Å². The van der Waals surface area contributed by atoms with Crippen LogP contribution in [0, 0.1) is 0 Å². The molecular formula is C4H12NO4P. The third-order valence-corrected chi connectivity index (χ3v) is 0.957. The van der Waals surface area contributed by atoms with Gasteiger partial charge in [0.25, 0.3) is 0 Å². The third-order valence-electron chi connectivity index (χ3n) is 0.957. The van der Waals surface area contributed by atoms with Crippen molar-refractivity contribution in [3.8, 4) is 0 Å². The predicted octanol–water partition coefficient (Wildman–Crippen LogP) is -0.559. The molecule has 0 aromatic rings. The highest BCUT2D eigenvalue weighted by Gasteiger charge is 2.00. The van der Waals surface area contributed by atoms with E-state index in [-0.39, 0.29) is 0 Å². The fraction of sp³-hybridized carbons (Fsp3) is 1.00. The van der Waals surface area contributed by atoms with Gasteiger partial charge < -0.3 is 20.0 Å². The van der Waals surface area contributed by atoms with Crippen molar-refractivity contribution in [2.45, 2.75) is 12.8 Å². The SMILES string of the molecule is C1CCNC1.O=P(O)(O)O.